The second-order valence-corrected chi connectivity index (χ2v) is 10.4. The molecule has 34 heavy (non-hydrogen) atoms. The molecule has 0 saturated carbocycles. The maximum absolute atomic E-state index is 12.7. The molecular formula is C22H28N6O5S. The lowest BCUT2D eigenvalue weighted by molar-refractivity contribution is -0.132. The van der Waals surface area contributed by atoms with Crippen molar-refractivity contribution in [2.24, 2.45) is 14.1 Å². The summed E-state index contributed by atoms with van der Waals surface area (Å²) in [5, 5.41) is 0. The largest absolute Gasteiger partial charge is 0.340 e. The van der Waals surface area contributed by atoms with Crippen LogP contribution in [0.15, 0.2) is 46.2 Å². The Hall–Kier alpha value is -3.25. The Bertz CT molecular complexity index is 1420. The van der Waals surface area contributed by atoms with Crippen molar-refractivity contribution >= 4 is 27.1 Å². The first-order valence-corrected chi connectivity index (χ1v) is 12.7. The van der Waals surface area contributed by atoms with Gasteiger partial charge in [0.2, 0.25) is 15.9 Å². The van der Waals surface area contributed by atoms with Gasteiger partial charge < -0.3 is 9.47 Å². The van der Waals surface area contributed by atoms with Gasteiger partial charge in [-0.3, -0.25) is 18.7 Å². The molecule has 4 rings (SSSR count). The number of rotatable bonds is 7. The SMILES string of the molecule is Cn1c(=O)c2c(ncn2CCCC(=O)N2CCN(S(=O)(=O)Cc3ccccc3)CC2)n(C)c1=O. The molecule has 11 nitrogen and oxygen atoms in total. The van der Waals surface area contributed by atoms with E-state index in [-0.39, 0.29) is 31.2 Å². The zero-order valence-electron chi connectivity index (χ0n) is 19.3. The van der Waals surface area contributed by atoms with E-state index in [0.29, 0.717) is 37.2 Å². The Balaban J connectivity index is 1.31. The van der Waals surface area contributed by atoms with Crippen LogP contribution in [0.2, 0.25) is 0 Å². The number of amides is 1. The van der Waals surface area contributed by atoms with Crippen LogP contribution in [-0.2, 0) is 41.2 Å². The zero-order valence-corrected chi connectivity index (χ0v) is 20.1. The molecule has 182 valence electrons. The van der Waals surface area contributed by atoms with E-state index < -0.39 is 21.3 Å². The number of hydrogen-bond acceptors (Lipinski definition) is 6. The predicted molar refractivity (Wildman–Crippen MR) is 127 cm³/mol. The molecule has 0 bridgehead atoms. The number of carbonyl (C=O) groups is 1. The average molecular weight is 489 g/mol. The van der Waals surface area contributed by atoms with E-state index in [9.17, 15) is 22.8 Å². The molecule has 12 heteroatoms. The number of hydrogen-bond donors (Lipinski definition) is 0. The van der Waals surface area contributed by atoms with Crippen molar-refractivity contribution in [3.05, 3.63) is 63.1 Å². The van der Waals surface area contributed by atoms with Gasteiger partial charge in [0.25, 0.3) is 5.56 Å². The standard InChI is InChI=1S/C22H28N6O5S/c1-24-20-19(21(30)25(2)22(24)31)27(16-23-20)10-6-9-18(29)26-11-13-28(14-12-26)34(32,33)15-17-7-4-3-5-8-17/h3-5,7-8,16H,6,9-15H2,1-2H3. The van der Waals surface area contributed by atoms with Crippen molar-refractivity contribution in [2.45, 2.75) is 25.1 Å². The summed E-state index contributed by atoms with van der Waals surface area (Å²) >= 11 is 0. The minimum atomic E-state index is -3.44. The van der Waals surface area contributed by atoms with Gasteiger partial charge in [-0.1, -0.05) is 30.3 Å². The van der Waals surface area contributed by atoms with Crippen molar-refractivity contribution in [3.8, 4) is 0 Å². The van der Waals surface area contributed by atoms with Gasteiger partial charge >= 0.3 is 5.69 Å². The summed E-state index contributed by atoms with van der Waals surface area (Å²) in [4.78, 5) is 43.1. The Morgan fingerprint density at radius 1 is 1.00 bits per heavy atom. The third-order valence-electron chi connectivity index (χ3n) is 6.18. The monoisotopic (exact) mass is 488 g/mol. The van der Waals surface area contributed by atoms with Crippen molar-refractivity contribution in [3.63, 3.8) is 0 Å². The first-order valence-electron chi connectivity index (χ1n) is 11.1. The van der Waals surface area contributed by atoms with E-state index in [1.54, 1.807) is 28.6 Å². The van der Waals surface area contributed by atoms with Crippen LogP contribution in [0.1, 0.15) is 18.4 Å². The number of aryl methyl sites for hydroxylation is 2. The molecule has 0 aliphatic carbocycles. The number of piperazine rings is 1. The predicted octanol–water partition coefficient (Wildman–Crippen LogP) is -0.112. The maximum atomic E-state index is 12.7. The van der Waals surface area contributed by atoms with E-state index >= 15 is 0 Å². The number of nitrogens with zero attached hydrogens (tertiary/aromatic N) is 6. The first kappa shape index (κ1) is 23.9. The molecule has 3 heterocycles. The minimum Gasteiger partial charge on any atom is -0.340 e. The van der Waals surface area contributed by atoms with E-state index in [1.807, 2.05) is 18.2 Å². The highest BCUT2D eigenvalue weighted by Gasteiger charge is 2.28. The summed E-state index contributed by atoms with van der Waals surface area (Å²) in [6.45, 7) is 1.66. The van der Waals surface area contributed by atoms with Gasteiger partial charge in [-0.25, -0.2) is 18.2 Å². The Morgan fingerprint density at radius 2 is 1.68 bits per heavy atom. The van der Waals surface area contributed by atoms with Crippen molar-refractivity contribution in [2.75, 3.05) is 26.2 Å². The second kappa shape index (κ2) is 9.55. The van der Waals surface area contributed by atoms with E-state index in [1.165, 1.54) is 22.2 Å². The van der Waals surface area contributed by atoms with Crippen LogP contribution in [0.4, 0.5) is 0 Å². The molecule has 0 N–H and O–H groups in total. The fourth-order valence-corrected chi connectivity index (χ4v) is 5.73. The smallest absolute Gasteiger partial charge is 0.332 e. The molecule has 0 atom stereocenters. The van der Waals surface area contributed by atoms with Crippen molar-refractivity contribution in [1.82, 2.24) is 27.9 Å². The number of sulfonamides is 1. The number of imidazole rings is 1. The molecule has 1 aliphatic rings. The summed E-state index contributed by atoms with van der Waals surface area (Å²) in [6.07, 6.45) is 2.26. The molecule has 1 aromatic carbocycles. The molecule has 1 aliphatic heterocycles. The van der Waals surface area contributed by atoms with E-state index in [2.05, 4.69) is 4.98 Å². The van der Waals surface area contributed by atoms with Crippen molar-refractivity contribution < 1.29 is 13.2 Å². The summed E-state index contributed by atoms with van der Waals surface area (Å²) in [6, 6.07) is 9.05. The quantitative estimate of drug-likeness (QED) is 0.458. The second-order valence-electron chi connectivity index (χ2n) is 8.44. The first-order chi connectivity index (χ1) is 16.2. The molecule has 0 unspecified atom stereocenters. The topological polar surface area (TPSA) is 120 Å². The normalized spacial score (nSPS) is 15.2. The third kappa shape index (κ3) is 4.68. The fourth-order valence-electron chi connectivity index (χ4n) is 4.22. The molecule has 1 amide bonds. The summed E-state index contributed by atoms with van der Waals surface area (Å²) in [7, 11) is -0.456. The van der Waals surface area contributed by atoms with Crippen LogP contribution in [0, 0.1) is 0 Å². The van der Waals surface area contributed by atoms with Gasteiger partial charge in [-0.05, 0) is 12.0 Å². The third-order valence-corrected chi connectivity index (χ3v) is 8.03. The minimum absolute atomic E-state index is 0.0499. The average Bonchev–Trinajstić information content (AvgIpc) is 3.26. The van der Waals surface area contributed by atoms with Crippen LogP contribution in [0.5, 0.6) is 0 Å². The van der Waals surface area contributed by atoms with Crippen LogP contribution >= 0.6 is 0 Å². The molecule has 1 saturated heterocycles. The van der Waals surface area contributed by atoms with Crippen LogP contribution in [-0.4, -0.2) is 68.4 Å². The number of fused-ring (bicyclic) bond motifs is 1. The number of aromatic nitrogens is 4. The van der Waals surface area contributed by atoms with Crippen LogP contribution < -0.4 is 11.2 Å². The molecule has 1 fully saturated rings. The summed E-state index contributed by atoms with van der Waals surface area (Å²) in [5.41, 5.74) is 0.516. The van der Waals surface area contributed by atoms with Crippen LogP contribution in [0.3, 0.4) is 0 Å². The number of carbonyl (C=O) groups excluding carboxylic acids is 1. The zero-order chi connectivity index (χ0) is 24.5. The fraction of sp³-hybridized carbons (Fsp3) is 0.455. The number of benzene rings is 1. The Morgan fingerprint density at radius 3 is 2.35 bits per heavy atom. The van der Waals surface area contributed by atoms with Crippen LogP contribution in [0.25, 0.3) is 11.2 Å². The van der Waals surface area contributed by atoms with E-state index in [4.69, 9.17) is 0 Å². The molecule has 0 radical (unpaired) electrons. The lowest BCUT2D eigenvalue weighted by Crippen LogP contribution is -2.50. The van der Waals surface area contributed by atoms with Crippen molar-refractivity contribution in [1.29, 1.82) is 0 Å². The lowest BCUT2D eigenvalue weighted by atomic mass is 10.2. The molecular weight excluding hydrogens is 460 g/mol. The van der Waals surface area contributed by atoms with Gasteiger partial charge in [0.1, 0.15) is 0 Å². The highest BCUT2D eigenvalue weighted by molar-refractivity contribution is 7.88. The van der Waals surface area contributed by atoms with Gasteiger partial charge in [0.05, 0.1) is 12.1 Å². The van der Waals surface area contributed by atoms with Gasteiger partial charge in [-0.15, -0.1) is 0 Å². The van der Waals surface area contributed by atoms with Gasteiger partial charge in [-0.2, -0.15) is 4.31 Å². The summed E-state index contributed by atoms with van der Waals surface area (Å²) in [5.74, 6) is -0.101. The van der Waals surface area contributed by atoms with Gasteiger partial charge in [0.15, 0.2) is 11.2 Å². The molecule has 0 spiro atoms. The Labute approximate surface area is 196 Å². The lowest BCUT2D eigenvalue weighted by Gasteiger charge is -2.34. The maximum Gasteiger partial charge on any atom is 0.332 e. The van der Waals surface area contributed by atoms with E-state index in [0.717, 1.165) is 10.1 Å². The molecule has 3 aromatic rings. The Kier molecular flexibility index (Phi) is 6.71. The van der Waals surface area contributed by atoms with Gasteiger partial charge in [0, 0.05) is 53.2 Å². The highest BCUT2D eigenvalue weighted by atomic mass is 32.2. The molecule has 2 aromatic heterocycles. The summed E-state index contributed by atoms with van der Waals surface area (Å²) < 4.78 is 30.9. The highest BCUT2D eigenvalue weighted by Crippen LogP contribution is 2.15.